The number of amides is 1. The summed E-state index contributed by atoms with van der Waals surface area (Å²) in [6.45, 7) is 2.68. The van der Waals surface area contributed by atoms with E-state index in [-0.39, 0.29) is 21.5 Å². The van der Waals surface area contributed by atoms with Gasteiger partial charge in [-0.05, 0) is 43.5 Å². The van der Waals surface area contributed by atoms with Gasteiger partial charge in [-0.2, -0.15) is 4.31 Å². The molecule has 162 valence electrons. The Labute approximate surface area is 177 Å². The number of benzene rings is 1. The Hall–Kier alpha value is -3.31. The number of H-pyrrole nitrogens is 2. The first-order chi connectivity index (χ1) is 14.8. The maximum Gasteiger partial charge on any atom is 0.327 e. The summed E-state index contributed by atoms with van der Waals surface area (Å²) < 4.78 is 27.6. The average Bonchev–Trinajstić information content (AvgIpc) is 2.75. The Morgan fingerprint density at radius 3 is 2.58 bits per heavy atom. The summed E-state index contributed by atoms with van der Waals surface area (Å²) in [6, 6.07) is 6.00. The van der Waals surface area contributed by atoms with E-state index in [9.17, 15) is 22.8 Å². The number of carbonyl (C=O) groups is 1. The monoisotopic (exact) mass is 443 g/mol. The summed E-state index contributed by atoms with van der Waals surface area (Å²) in [4.78, 5) is 44.6. The Morgan fingerprint density at radius 1 is 1.10 bits per heavy atom. The summed E-state index contributed by atoms with van der Waals surface area (Å²) in [7, 11) is -3.66. The van der Waals surface area contributed by atoms with Gasteiger partial charge in [-0.1, -0.05) is 12.5 Å². The van der Waals surface area contributed by atoms with Crippen LogP contribution < -0.4 is 16.6 Å². The van der Waals surface area contributed by atoms with E-state index < -0.39 is 27.2 Å². The fraction of sp³-hybridized carbons (Fsp3) is 0.300. The van der Waals surface area contributed by atoms with Crippen LogP contribution in [0.3, 0.4) is 0 Å². The molecule has 11 heteroatoms. The number of aromatic nitrogens is 3. The van der Waals surface area contributed by atoms with E-state index >= 15 is 0 Å². The van der Waals surface area contributed by atoms with E-state index in [0.717, 1.165) is 19.3 Å². The number of sulfonamides is 1. The molecule has 1 amide bonds. The summed E-state index contributed by atoms with van der Waals surface area (Å²) >= 11 is 0. The number of anilines is 1. The number of fused-ring (bicyclic) bond motifs is 1. The van der Waals surface area contributed by atoms with Crippen LogP contribution in [0.1, 0.15) is 35.2 Å². The molecular formula is C20H21N5O5S. The zero-order chi connectivity index (χ0) is 22.2. The molecule has 3 aromatic rings. The van der Waals surface area contributed by atoms with Gasteiger partial charge in [0.05, 0.1) is 15.8 Å². The van der Waals surface area contributed by atoms with E-state index in [2.05, 4.69) is 20.3 Å². The molecule has 3 N–H and O–H groups in total. The van der Waals surface area contributed by atoms with Gasteiger partial charge in [0.1, 0.15) is 5.65 Å². The van der Waals surface area contributed by atoms with Gasteiger partial charge in [0.25, 0.3) is 11.5 Å². The van der Waals surface area contributed by atoms with Crippen LogP contribution in [-0.4, -0.2) is 46.7 Å². The predicted molar refractivity (Wildman–Crippen MR) is 115 cm³/mol. The predicted octanol–water partition coefficient (Wildman–Crippen LogP) is 1.35. The third kappa shape index (κ3) is 4.14. The molecule has 31 heavy (non-hydrogen) atoms. The minimum atomic E-state index is -3.66. The maximum atomic E-state index is 13.1. The van der Waals surface area contributed by atoms with E-state index in [0.29, 0.717) is 24.3 Å². The van der Waals surface area contributed by atoms with Crippen molar-refractivity contribution in [2.45, 2.75) is 31.1 Å². The Bertz CT molecular complexity index is 1390. The van der Waals surface area contributed by atoms with Crippen molar-refractivity contribution in [2.24, 2.45) is 0 Å². The second kappa shape index (κ2) is 8.08. The fourth-order valence-corrected chi connectivity index (χ4v) is 5.34. The van der Waals surface area contributed by atoms with Gasteiger partial charge in [-0.15, -0.1) is 0 Å². The zero-order valence-corrected chi connectivity index (χ0v) is 17.6. The summed E-state index contributed by atoms with van der Waals surface area (Å²) in [6.07, 6.45) is 3.90. The number of carbonyl (C=O) groups excluding carboxylic acids is 1. The van der Waals surface area contributed by atoms with Crippen molar-refractivity contribution in [3.8, 4) is 0 Å². The van der Waals surface area contributed by atoms with Gasteiger partial charge in [0, 0.05) is 25.0 Å². The normalized spacial score (nSPS) is 15.1. The highest BCUT2D eigenvalue weighted by Gasteiger charge is 2.27. The SMILES string of the molecule is Cc1ccc(NC(=O)c2cnc3[nH]c(=O)[nH]c(=O)c3c2)cc1S(=O)(=O)N1CCCCC1. The highest BCUT2D eigenvalue weighted by atomic mass is 32.2. The molecule has 3 heterocycles. The molecule has 4 rings (SSSR count). The molecule has 2 aromatic heterocycles. The second-order valence-electron chi connectivity index (χ2n) is 7.43. The van der Waals surface area contributed by atoms with Crippen LogP contribution in [0.15, 0.2) is 44.9 Å². The van der Waals surface area contributed by atoms with Crippen LogP contribution in [0.4, 0.5) is 5.69 Å². The van der Waals surface area contributed by atoms with Crippen LogP contribution >= 0.6 is 0 Å². The zero-order valence-electron chi connectivity index (χ0n) is 16.8. The van der Waals surface area contributed by atoms with Crippen molar-refractivity contribution in [3.05, 3.63) is 62.4 Å². The highest BCUT2D eigenvalue weighted by molar-refractivity contribution is 7.89. The lowest BCUT2D eigenvalue weighted by molar-refractivity contribution is 0.102. The molecule has 0 unspecified atom stereocenters. The lowest BCUT2D eigenvalue weighted by atomic mass is 10.2. The van der Waals surface area contributed by atoms with Crippen molar-refractivity contribution in [1.82, 2.24) is 19.3 Å². The van der Waals surface area contributed by atoms with Crippen molar-refractivity contribution in [2.75, 3.05) is 18.4 Å². The van der Waals surface area contributed by atoms with Crippen LogP contribution in [0.5, 0.6) is 0 Å². The molecule has 0 saturated carbocycles. The van der Waals surface area contributed by atoms with Crippen molar-refractivity contribution < 1.29 is 13.2 Å². The van der Waals surface area contributed by atoms with Gasteiger partial charge >= 0.3 is 5.69 Å². The molecule has 1 fully saturated rings. The third-order valence-electron chi connectivity index (χ3n) is 5.23. The van der Waals surface area contributed by atoms with E-state index in [4.69, 9.17) is 0 Å². The van der Waals surface area contributed by atoms with Crippen LogP contribution in [0.25, 0.3) is 11.0 Å². The van der Waals surface area contributed by atoms with Crippen molar-refractivity contribution in [1.29, 1.82) is 0 Å². The standard InChI is InChI=1S/C20H21N5O5S/c1-12-5-6-14(10-16(12)31(29,30)25-7-3-2-4-8-25)22-18(26)13-9-15-17(21-11-13)23-20(28)24-19(15)27/h5-6,9-11H,2-4,7-8H2,1H3,(H,22,26)(H2,21,23,24,27,28). The first-order valence-corrected chi connectivity index (χ1v) is 11.2. The minimum absolute atomic E-state index is 0.0597. The third-order valence-corrected chi connectivity index (χ3v) is 7.27. The van der Waals surface area contributed by atoms with Gasteiger partial charge in [-0.3, -0.25) is 19.6 Å². The van der Waals surface area contributed by atoms with Gasteiger partial charge in [-0.25, -0.2) is 18.2 Å². The fourth-order valence-electron chi connectivity index (χ4n) is 3.57. The number of rotatable bonds is 4. The first-order valence-electron chi connectivity index (χ1n) is 9.80. The molecule has 10 nitrogen and oxygen atoms in total. The van der Waals surface area contributed by atoms with E-state index in [1.54, 1.807) is 19.1 Å². The van der Waals surface area contributed by atoms with E-state index in [1.807, 2.05) is 0 Å². The molecule has 0 aliphatic carbocycles. The van der Waals surface area contributed by atoms with Crippen LogP contribution in [0.2, 0.25) is 0 Å². The average molecular weight is 443 g/mol. The molecule has 1 aliphatic heterocycles. The van der Waals surface area contributed by atoms with Crippen molar-refractivity contribution in [3.63, 3.8) is 0 Å². The number of aryl methyl sites for hydroxylation is 1. The van der Waals surface area contributed by atoms with Gasteiger partial charge in [0.15, 0.2) is 0 Å². The largest absolute Gasteiger partial charge is 0.327 e. The van der Waals surface area contributed by atoms with Gasteiger partial charge in [0.2, 0.25) is 10.0 Å². The summed E-state index contributed by atoms with van der Waals surface area (Å²) in [5.74, 6) is -0.565. The topological polar surface area (TPSA) is 145 Å². The minimum Gasteiger partial charge on any atom is -0.322 e. The first kappa shape index (κ1) is 20.9. The molecule has 1 aromatic carbocycles. The van der Waals surface area contributed by atoms with Crippen molar-refractivity contribution >= 4 is 32.7 Å². The molecule has 0 radical (unpaired) electrons. The highest BCUT2D eigenvalue weighted by Crippen LogP contribution is 2.26. The Kier molecular flexibility index (Phi) is 5.46. The second-order valence-corrected chi connectivity index (χ2v) is 9.33. The quantitative estimate of drug-likeness (QED) is 0.555. The van der Waals surface area contributed by atoms with Gasteiger partial charge < -0.3 is 5.32 Å². The molecule has 0 atom stereocenters. The molecule has 0 bridgehead atoms. The molecule has 1 saturated heterocycles. The lowest BCUT2D eigenvalue weighted by Crippen LogP contribution is -2.36. The Morgan fingerprint density at radius 2 is 1.84 bits per heavy atom. The lowest BCUT2D eigenvalue weighted by Gasteiger charge is -2.26. The van der Waals surface area contributed by atoms with Crippen LogP contribution in [-0.2, 0) is 10.0 Å². The summed E-state index contributed by atoms with van der Waals surface area (Å²) in [5, 5.41) is 2.71. The van der Waals surface area contributed by atoms with E-state index in [1.165, 1.54) is 22.6 Å². The summed E-state index contributed by atoms with van der Waals surface area (Å²) in [5.41, 5.74) is -0.301. The number of aromatic amines is 2. The molecule has 1 aliphatic rings. The Balaban J connectivity index is 1.63. The maximum absolute atomic E-state index is 13.1. The molecular weight excluding hydrogens is 422 g/mol. The number of piperidine rings is 1. The van der Waals surface area contributed by atoms with Crippen LogP contribution in [0, 0.1) is 6.92 Å². The smallest absolute Gasteiger partial charge is 0.322 e. The number of nitrogens with one attached hydrogen (secondary N) is 3. The molecule has 0 spiro atoms. The number of hydrogen-bond acceptors (Lipinski definition) is 6. The number of nitrogens with zero attached hydrogens (tertiary/aromatic N) is 2. The number of pyridine rings is 1. The number of hydrogen-bond donors (Lipinski definition) is 3.